The van der Waals surface area contributed by atoms with Crippen LogP contribution in [0.3, 0.4) is 0 Å². The van der Waals surface area contributed by atoms with Gasteiger partial charge in [0.05, 0.1) is 10.2 Å². The van der Waals surface area contributed by atoms with E-state index in [1.807, 2.05) is 36.4 Å². The zero-order valence-electron chi connectivity index (χ0n) is 12.6. The van der Waals surface area contributed by atoms with E-state index in [1.165, 1.54) is 7.11 Å². The second-order valence-electron chi connectivity index (χ2n) is 4.87. The lowest BCUT2D eigenvalue weighted by Gasteiger charge is -2.07. The van der Waals surface area contributed by atoms with Gasteiger partial charge in [-0.1, -0.05) is 12.1 Å². The summed E-state index contributed by atoms with van der Waals surface area (Å²) < 4.78 is 11.7. The molecule has 5 nitrogen and oxygen atoms in total. The topological polar surface area (TPSA) is 60.5 Å². The van der Waals surface area contributed by atoms with Gasteiger partial charge in [-0.25, -0.2) is 4.98 Å². The smallest absolute Gasteiger partial charge is 0.250 e. The largest absolute Gasteiger partial charge is 0.486 e. The second-order valence-corrected chi connectivity index (χ2v) is 5.98. The number of fused-ring (bicyclic) bond motifs is 1. The predicted octanol–water partition coefficient (Wildman–Crippen LogP) is 3.46. The van der Waals surface area contributed by atoms with Crippen LogP contribution in [-0.4, -0.2) is 24.6 Å². The molecule has 118 valence electrons. The van der Waals surface area contributed by atoms with Gasteiger partial charge in [0.25, 0.3) is 0 Å². The summed E-state index contributed by atoms with van der Waals surface area (Å²) in [6.07, 6.45) is 0. The first-order valence-electron chi connectivity index (χ1n) is 7.11. The Hall–Kier alpha value is -2.44. The molecule has 1 N–H and O–H groups in total. The maximum absolute atomic E-state index is 11.4. The van der Waals surface area contributed by atoms with Crippen LogP contribution in [-0.2, 0) is 16.1 Å². The zero-order valence-corrected chi connectivity index (χ0v) is 13.4. The number of anilines is 1. The zero-order chi connectivity index (χ0) is 16.1. The highest BCUT2D eigenvalue weighted by Crippen LogP contribution is 2.23. The molecule has 1 aromatic heterocycles. The average Bonchev–Trinajstić information content (AvgIpc) is 2.97. The van der Waals surface area contributed by atoms with Crippen LogP contribution in [0.4, 0.5) is 5.69 Å². The van der Waals surface area contributed by atoms with Gasteiger partial charge in [0.1, 0.15) is 24.0 Å². The Bertz CT molecular complexity index is 766. The van der Waals surface area contributed by atoms with Crippen molar-refractivity contribution in [3.63, 3.8) is 0 Å². The number of amides is 1. The van der Waals surface area contributed by atoms with Crippen LogP contribution in [0, 0.1) is 0 Å². The van der Waals surface area contributed by atoms with Gasteiger partial charge < -0.3 is 14.8 Å². The van der Waals surface area contributed by atoms with Crippen LogP contribution >= 0.6 is 11.3 Å². The number of methoxy groups -OCH3 is 1. The number of aromatic nitrogens is 1. The van der Waals surface area contributed by atoms with E-state index in [-0.39, 0.29) is 12.5 Å². The summed E-state index contributed by atoms with van der Waals surface area (Å²) in [4.78, 5) is 15.9. The Balaban J connectivity index is 1.58. The molecule has 0 atom stereocenters. The summed E-state index contributed by atoms with van der Waals surface area (Å²) in [5.41, 5.74) is 1.70. The normalized spacial score (nSPS) is 10.7. The highest BCUT2D eigenvalue weighted by atomic mass is 32.1. The van der Waals surface area contributed by atoms with Crippen molar-refractivity contribution < 1.29 is 14.3 Å². The highest BCUT2D eigenvalue weighted by Gasteiger charge is 2.05. The molecule has 3 aromatic rings. The summed E-state index contributed by atoms with van der Waals surface area (Å²) in [7, 11) is 1.48. The maximum atomic E-state index is 11.4. The first kappa shape index (κ1) is 15.5. The van der Waals surface area contributed by atoms with Crippen molar-refractivity contribution in [2.24, 2.45) is 0 Å². The molecular formula is C17H16N2O3S. The summed E-state index contributed by atoms with van der Waals surface area (Å²) in [5.74, 6) is 0.546. The van der Waals surface area contributed by atoms with Gasteiger partial charge in [-0.05, 0) is 36.4 Å². The number of thiazole rings is 1. The average molecular weight is 328 g/mol. The van der Waals surface area contributed by atoms with Crippen molar-refractivity contribution in [3.8, 4) is 5.75 Å². The fraction of sp³-hybridized carbons (Fsp3) is 0.176. The Labute approximate surface area is 137 Å². The molecule has 1 heterocycles. The highest BCUT2D eigenvalue weighted by molar-refractivity contribution is 7.18. The molecule has 0 aliphatic rings. The number of hydrogen-bond acceptors (Lipinski definition) is 5. The number of rotatable bonds is 6. The molecule has 0 radical (unpaired) electrons. The van der Waals surface area contributed by atoms with Gasteiger partial charge in [0, 0.05) is 12.8 Å². The molecule has 1 amide bonds. The molecule has 6 heteroatoms. The first-order chi connectivity index (χ1) is 11.2. The van der Waals surface area contributed by atoms with Crippen LogP contribution in [0.15, 0.2) is 48.5 Å². The summed E-state index contributed by atoms with van der Waals surface area (Å²) in [6.45, 7) is 0.463. The number of hydrogen-bond donors (Lipinski definition) is 1. The number of para-hydroxylation sites is 1. The maximum Gasteiger partial charge on any atom is 0.250 e. The van der Waals surface area contributed by atoms with E-state index in [0.29, 0.717) is 12.3 Å². The third kappa shape index (κ3) is 4.06. The molecule has 23 heavy (non-hydrogen) atoms. The van der Waals surface area contributed by atoms with Gasteiger partial charge in [-0.3, -0.25) is 4.79 Å². The van der Waals surface area contributed by atoms with Crippen molar-refractivity contribution in [2.45, 2.75) is 6.61 Å². The predicted molar refractivity (Wildman–Crippen MR) is 90.9 cm³/mol. The SMILES string of the molecule is COCC(=O)Nc1ccc(OCc2nc3ccccc3s2)cc1. The first-order valence-corrected chi connectivity index (χ1v) is 7.92. The van der Waals surface area contributed by atoms with Crippen molar-refractivity contribution in [1.82, 2.24) is 4.98 Å². The third-order valence-corrected chi connectivity index (χ3v) is 4.12. The number of carbonyl (C=O) groups excluding carboxylic acids is 1. The summed E-state index contributed by atoms with van der Waals surface area (Å²) in [6, 6.07) is 15.2. The molecule has 0 bridgehead atoms. The van der Waals surface area contributed by atoms with E-state index in [0.717, 1.165) is 21.0 Å². The van der Waals surface area contributed by atoms with Crippen molar-refractivity contribution >= 4 is 33.1 Å². The van der Waals surface area contributed by atoms with Crippen molar-refractivity contribution in [3.05, 3.63) is 53.5 Å². The molecule has 0 saturated heterocycles. The Morgan fingerprint density at radius 3 is 2.70 bits per heavy atom. The van der Waals surface area contributed by atoms with Gasteiger partial charge >= 0.3 is 0 Å². The number of nitrogens with one attached hydrogen (secondary N) is 1. The lowest BCUT2D eigenvalue weighted by atomic mass is 10.3. The van der Waals surface area contributed by atoms with E-state index >= 15 is 0 Å². The van der Waals surface area contributed by atoms with Crippen LogP contribution in [0.2, 0.25) is 0 Å². The fourth-order valence-corrected chi connectivity index (χ4v) is 2.97. The fourth-order valence-electron chi connectivity index (χ4n) is 2.09. The minimum absolute atomic E-state index is 0.0376. The van der Waals surface area contributed by atoms with E-state index in [9.17, 15) is 4.79 Å². The lowest BCUT2D eigenvalue weighted by Crippen LogP contribution is -2.16. The van der Waals surface area contributed by atoms with E-state index in [1.54, 1.807) is 23.5 Å². The van der Waals surface area contributed by atoms with Gasteiger partial charge in [-0.2, -0.15) is 0 Å². The van der Waals surface area contributed by atoms with Crippen molar-refractivity contribution in [1.29, 1.82) is 0 Å². The standard InChI is InChI=1S/C17H16N2O3S/c1-21-10-16(20)18-12-6-8-13(9-7-12)22-11-17-19-14-4-2-3-5-15(14)23-17/h2-9H,10-11H2,1H3,(H,18,20). The molecular weight excluding hydrogens is 312 g/mol. The molecule has 0 fully saturated rings. The van der Waals surface area contributed by atoms with E-state index < -0.39 is 0 Å². The number of carbonyl (C=O) groups is 1. The number of ether oxygens (including phenoxy) is 2. The molecule has 0 unspecified atom stereocenters. The van der Waals surface area contributed by atoms with E-state index in [4.69, 9.17) is 9.47 Å². The van der Waals surface area contributed by atoms with Crippen LogP contribution in [0.5, 0.6) is 5.75 Å². The Kier molecular flexibility index (Phi) is 4.85. The Morgan fingerprint density at radius 1 is 1.17 bits per heavy atom. The van der Waals surface area contributed by atoms with Crippen LogP contribution in [0.25, 0.3) is 10.2 Å². The number of benzene rings is 2. The minimum atomic E-state index is -0.185. The molecule has 0 aliphatic carbocycles. The third-order valence-electron chi connectivity index (χ3n) is 3.11. The second kappa shape index (κ2) is 7.21. The molecule has 2 aromatic carbocycles. The van der Waals surface area contributed by atoms with Crippen LogP contribution < -0.4 is 10.1 Å². The molecule has 3 rings (SSSR count). The van der Waals surface area contributed by atoms with Crippen LogP contribution in [0.1, 0.15) is 5.01 Å². The van der Waals surface area contributed by atoms with Gasteiger partial charge in [-0.15, -0.1) is 11.3 Å². The lowest BCUT2D eigenvalue weighted by molar-refractivity contribution is -0.119. The quantitative estimate of drug-likeness (QED) is 0.753. The van der Waals surface area contributed by atoms with Gasteiger partial charge in [0.15, 0.2) is 0 Å². The Morgan fingerprint density at radius 2 is 1.96 bits per heavy atom. The van der Waals surface area contributed by atoms with E-state index in [2.05, 4.69) is 10.3 Å². The van der Waals surface area contributed by atoms with Gasteiger partial charge in [0.2, 0.25) is 5.91 Å². The summed E-state index contributed by atoms with van der Waals surface area (Å²) >= 11 is 1.63. The molecule has 0 saturated carbocycles. The number of nitrogens with zero attached hydrogens (tertiary/aromatic N) is 1. The monoisotopic (exact) mass is 328 g/mol. The summed E-state index contributed by atoms with van der Waals surface area (Å²) in [5, 5.41) is 3.67. The molecule has 0 spiro atoms. The minimum Gasteiger partial charge on any atom is -0.486 e. The molecule has 0 aliphatic heterocycles. The van der Waals surface area contributed by atoms with Crippen molar-refractivity contribution in [2.75, 3.05) is 19.0 Å².